The van der Waals surface area contributed by atoms with Crippen molar-refractivity contribution in [2.24, 2.45) is 0 Å². The zero-order valence-electron chi connectivity index (χ0n) is 12.2. The van der Waals surface area contributed by atoms with Gasteiger partial charge in [-0.15, -0.1) is 0 Å². The summed E-state index contributed by atoms with van der Waals surface area (Å²) in [7, 11) is -2.15. The summed E-state index contributed by atoms with van der Waals surface area (Å²) in [6.07, 6.45) is -0.415. The first-order valence-corrected chi connectivity index (χ1v) is 8.31. The van der Waals surface area contributed by atoms with Crippen LogP contribution in [-0.2, 0) is 19.6 Å². The van der Waals surface area contributed by atoms with Crippen molar-refractivity contribution in [3.8, 4) is 0 Å². The Labute approximate surface area is 131 Å². The van der Waals surface area contributed by atoms with Crippen LogP contribution in [0, 0.1) is 0 Å². The SMILES string of the molecule is CN1CC(CNS(=O)(=O)c2ccc3[nH]c(=O)oc3c2)OCC1=O. The third-order valence-electron chi connectivity index (χ3n) is 3.55. The number of morpholine rings is 1. The van der Waals surface area contributed by atoms with E-state index >= 15 is 0 Å². The largest absolute Gasteiger partial charge is 0.417 e. The number of rotatable bonds is 4. The van der Waals surface area contributed by atoms with Crippen LogP contribution in [0.3, 0.4) is 0 Å². The molecule has 124 valence electrons. The number of hydrogen-bond donors (Lipinski definition) is 2. The number of nitrogens with zero attached hydrogens (tertiary/aromatic N) is 1. The number of oxazole rings is 1. The van der Waals surface area contributed by atoms with Gasteiger partial charge in [-0.05, 0) is 12.1 Å². The fourth-order valence-electron chi connectivity index (χ4n) is 2.26. The monoisotopic (exact) mass is 341 g/mol. The Bertz CT molecular complexity index is 900. The molecule has 1 atom stereocenters. The Morgan fingerprint density at radius 1 is 1.39 bits per heavy atom. The van der Waals surface area contributed by atoms with Crippen LogP contribution in [-0.4, -0.2) is 57.1 Å². The number of fused-ring (bicyclic) bond motifs is 1. The number of hydrogen-bond acceptors (Lipinski definition) is 6. The van der Waals surface area contributed by atoms with E-state index in [-0.39, 0.29) is 29.5 Å². The molecule has 0 radical (unpaired) electrons. The predicted octanol–water partition coefficient (Wildman–Crippen LogP) is -0.743. The van der Waals surface area contributed by atoms with Gasteiger partial charge in [-0.3, -0.25) is 9.78 Å². The van der Waals surface area contributed by atoms with Gasteiger partial charge in [0, 0.05) is 26.2 Å². The Balaban J connectivity index is 1.72. The summed E-state index contributed by atoms with van der Waals surface area (Å²) in [6, 6.07) is 4.10. The van der Waals surface area contributed by atoms with Gasteiger partial charge >= 0.3 is 5.76 Å². The van der Waals surface area contributed by atoms with Gasteiger partial charge in [-0.25, -0.2) is 17.9 Å². The Kier molecular flexibility index (Phi) is 3.96. The van der Waals surface area contributed by atoms with Crippen LogP contribution in [0.15, 0.2) is 32.3 Å². The molecule has 23 heavy (non-hydrogen) atoms. The maximum absolute atomic E-state index is 12.3. The summed E-state index contributed by atoms with van der Waals surface area (Å²) < 4.78 is 37.2. The van der Waals surface area contributed by atoms with E-state index in [1.807, 2.05) is 0 Å². The van der Waals surface area contributed by atoms with Gasteiger partial charge in [0.1, 0.15) is 6.61 Å². The molecule has 1 aliphatic heterocycles. The second kappa shape index (κ2) is 5.80. The summed E-state index contributed by atoms with van der Waals surface area (Å²) >= 11 is 0. The van der Waals surface area contributed by atoms with Crippen LogP contribution < -0.4 is 10.5 Å². The van der Waals surface area contributed by atoms with Crippen molar-refractivity contribution in [2.75, 3.05) is 26.7 Å². The van der Waals surface area contributed by atoms with Crippen molar-refractivity contribution in [2.45, 2.75) is 11.0 Å². The van der Waals surface area contributed by atoms with Crippen LogP contribution in [0.1, 0.15) is 0 Å². The van der Waals surface area contributed by atoms with Crippen molar-refractivity contribution in [3.05, 3.63) is 28.7 Å². The van der Waals surface area contributed by atoms with Crippen molar-refractivity contribution in [1.82, 2.24) is 14.6 Å². The van der Waals surface area contributed by atoms with Gasteiger partial charge in [0.25, 0.3) is 0 Å². The van der Waals surface area contributed by atoms with Crippen molar-refractivity contribution < 1.29 is 22.4 Å². The summed E-state index contributed by atoms with van der Waals surface area (Å²) in [6.45, 7) is 0.283. The first kappa shape index (κ1) is 15.7. The molecule has 1 fully saturated rings. The average Bonchev–Trinajstić information content (AvgIpc) is 2.87. The highest BCUT2D eigenvalue weighted by atomic mass is 32.2. The number of benzene rings is 1. The highest BCUT2D eigenvalue weighted by Gasteiger charge is 2.25. The lowest BCUT2D eigenvalue weighted by atomic mass is 10.3. The molecule has 2 heterocycles. The fourth-order valence-corrected chi connectivity index (χ4v) is 3.34. The van der Waals surface area contributed by atoms with E-state index in [1.165, 1.54) is 23.1 Å². The molecular weight excluding hydrogens is 326 g/mol. The van der Waals surface area contributed by atoms with E-state index in [0.717, 1.165) is 0 Å². The molecule has 1 unspecified atom stereocenters. The van der Waals surface area contributed by atoms with E-state index in [9.17, 15) is 18.0 Å². The molecule has 2 aromatic rings. The molecule has 1 aromatic carbocycles. The minimum Gasteiger partial charge on any atom is -0.408 e. The van der Waals surface area contributed by atoms with Gasteiger partial charge in [-0.1, -0.05) is 0 Å². The average molecular weight is 341 g/mol. The fraction of sp³-hybridized carbons (Fsp3) is 0.385. The second-order valence-corrected chi connectivity index (χ2v) is 7.00. The van der Waals surface area contributed by atoms with Crippen LogP contribution in [0.4, 0.5) is 0 Å². The highest BCUT2D eigenvalue weighted by Crippen LogP contribution is 2.16. The lowest BCUT2D eigenvalue weighted by Gasteiger charge is -2.29. The van der Waals surface area contributed by atoms with E-state index < -0.39 is 21.9 Å². The molecule has 1 saturated heterocycles. The smallest absolute Gasteiger partial charge is 0.408 e. The number of sulfonamides is 1. The van der Waals surface area contributed by atoms with Crippen LogP contribution in [0.25, 0.3) is 11.1 Å². The van der Waals surface area contributed by atoms with E-state index in [1.54, 1.807) is 7.05 Å². The summed E-state index contributed by atoms with van der Waals surface area (Å²) in [5, 5.41) is 0. The molecule has 1 aromatic heterocycles. The maximum Gasteiger partial charge on any atom is 0.417 e. The molecule has 0 spiro atoms. The minimum absolute atomic E-state index is 0.0204. The summed E-state index contributed by atoms with van der Waals surface area (Å²) in [5.41, 5.74) is 0.585. The van der Waals surface area contributed by atoms with Gasteiger partial charge in [0.15, 0.2) is 5.58 Å². The molecule has 10 heteroatoms. The zero-order valence-corrected chi connectivity index (χ0v) is 13.1. The summed E-state index contributed by atoms with van der Waals surface area (Å²) in [5.74, 6) is -0.789. The van der Waals surface area contributed by atoms with Crippen molar-refractivity contribution in [1.29, 1.82) is 0 Å². The Morgan fingerprint density at radius 3 is 2.91 bits per heavy atom. The lowest BCUT2D eigenvalue weighted by Crippen LogP contribution is -2.48. The third-order valence-corrected chi connectivity index (χ3v) is 4.97. The number of amides is 1. The number of aromatic nitrogens is 1. The summed E-state index contributed by atoms with van der Waals surface area (Å²) in [4.78, 5) is 26.3. The molecule has 3 rings (SSSR count). The van der Waals surface area contributed by atoms with Crippen LogP contribution in [0.5, 0.6) is 0 Å². The topological polar surface area (TPSA) is 122 Å². The van der Waals surface area contributed by atoms with E-state index in [2.05, 4.69) is 9.71 Å². The second-order valence-electron chi connectivity index (χ2n) is 5.23. The van der Waals surface area contributed by atoms with Crippen molar-refractivity contribution >= 4 is 27.0 Å². The lowest BCUT2D eigenvalue weighted by molar-refractivity contribution is -0.146. The quantitative estimate of drug-likeness (QED) is 0.755. The van der Waals surface area contributed by atoms with Gasteiger partial charge in [-0.2, -0.15) is 0 Å². The number of ether oxygens (including phenoxy) is 1. The van der Waals surface area contributed by atoms with Gasteiger partial charge in [0.2, 0.25) is 15.9 Å². The number of nitrogens with one attached hydrogen (secondary N) is 2. The predicted molar refractivity (Wildman–Crippen MR) is 79.4 cm³/mol. The van der Waals surface area contributed by atoms with E-state index in [4.69, 9.17) is 9.15 Å². The molecule has 1 aliphatic rings. The maximum atomic E-state index is 12.3. The van der Waals surface area contributed by atoms with Crippen LogP contribution >= 0.6 is 0 Å². The molecular formula is C13H15N3O6S. The molecule has 9 nitrogen and oxygen atoms in total. The number of carbonyl (C=O) groups is 1. The Morgan fingerprint density at radius 2 is 2.17 bits per heavy atom. The molecule has 1 amide bonds. The van der Waals surface area contributed by atoms with Crippen molar-refractivity contribution in [3.63, 3.8) is 0 Å². The number of likely N-dealkylation sites (N-methyl/N-ethyl adjacent to an activating group) is 1. The highest BCUT2D eigenvalue weighted by molar-refractivity contribution is 7.89. The molecule has 2 N–H and O–H groups in total. The number of H-pyrrole nitrogens is 1. The third kappa shape index (κ3) is 3.28. The Hall–Kier alpha value is -2.17. The minimum atomic E-state index is -3.78. The van der Waals surface area contributed by atoms with Crippen LogP contribution in [0.2, 0.25) is 0 Å². The molecule has 0 aliphatic carbocycles. The first-order chi connectivity index (χ1) is 10.8. The van der Waals surface area contributed by atoms with Gasteiger partial charge < -0.3 is 14.1 Å². The van der Waals surface area contributed by atoms with Gasteiger partial charge in [0.05, 0.1) is 16.5 Å². The first-order valence-electron chi connectivity index (χ1n) is 6.83. The molecule has 0 saturated carbocycles. The number of carbonyl (C=O) groups excluding carboxylic acids is 1. The zero-order chi connectivity index (χ0) is 16.6. The molecule has 0 bridgehead atoms. The normalized spacial score (nSPS) is 19.4. The standard InChI is InChI=1S/C13H15N3O6S/c1-16-6-8(21-7-12(16)17)5-14-23(19,20)9-2-3-10-11(4-9)22-13(18)15-10/h2-4,8,14H,5-7H2,1H3,(H,15,18). The van der Waals surface area contributed by atoms with E-state index in [0.29, 0.717) is 12.1 Å². The number of aromatic amines is 1.